The zero-order valence-corrected chi connectivity index (χ0v) is 17.5. The van der Waals surface area contributed by atoms with Gasteiger partial charge in [0.05, 0.1) is 5.39 Å². The molecule has 1 saturated carbocycles. The number of para-hydroxylation sites is 1. The molecule has 5 nitrogen and oxygen atoms in total. The summed E-state index contributed by atoms with van der Waals surface area (Å²) in [5.41, 5.74) is 3.35. The van der Waals surface area contributed by atoms with Gasteiger partial charge in [-0.15, -0.1) is 0 Å². The van der Waals surface area contributed by atoms with E-state index < -0.39 is 0 Å². The van der Waals surface area contributed by atoms with Gasteiger partial charge in [0.25, 0.3) is 0 Å². The molecule has 30 heavy (non-hydrogen) atoms. The highest BCUT2D eigenvalue weighted by molar-refractivity contribution is 6.01. The molecule has 2 aromatic carbocycles. The van der Waals surface area contributed by atoms with E-state index in [1.54, 1.807) is 6.33 Å². The quantitative estimate of drug-likeness (QED) is 0.409. The molecule has 5 rings (SSSR count). The van der Waals surface area contributed by atoms with Crippen LogP contribution in [-0.2, 0) is 0 Å². The van der Waals surface area contributed by atoms with E-state index in [4.69, 9.17) is 4.74 Å². The second kappa shape index (κ2) is 7.82. The Kier molecular flexibility index (Phi) is 4.87. The molecular weight excluding hydrogens is 372 g/mol. The molecule has 1 aliphatic carbocycles. The van der Waals surface area contributed by atoms with Crippen LogP contribution in [0.1, 0.15) is 31.7 Å². The van der Waals surface area contributed by atoms with Crippen LogP contribution in [-0.4, -0.2) is 28.6 Å². The molecule has 2 aromatic heterocycles. The average Bonchev–Trinajstić information content (AvgIpc) is 3.43. The third kappa shape index (κ3) is 3.41. The predicted octanol–water partition coefficient (Wildman–Crippen LogP) is 6.07. The topological polar surface area (TPSA) is 43.2 Å². The summed E-state index contributed by atoms with van der Waals surface area (Å²) in [6, 6.07) is 18.7. The molecule has 0 spiro atoms. The first-order chi connectivity index (χ1) is 14.7. The number of ether oxygens (including phenoxy) is 1. The summed E-state index contributed by atoms with van der Waals surface area (Å²) in [5, 5.41) is 1.12. The average molecular weight is 399 g/mol. The van der Waals surface area contributed by atoms with Crippen molar-refractivity contribution in [3.63, 3.8) is 0 Å². The fraction of sp³-hybridized carbons (Fsp3) is 0.280. The van der Waals surface area contributed by atoms with E-state index in [1.165, 1.54) is 31.2 Å². The molecule has 4 aromatic rings. The molecule has 0 radical (unpaired) electrons. The van der Waals surface area contributed by atoms with Crippen LogP contribution in [0.2, 0.25) is 0 Å². The van der Waals surface area contributed by atoms with Crippen LogP contribution in [0.25, 0.3) is 22.2 Å². The Balaban J connectivity index is 1.57. The maximum Gasteiger partial charge on any atom is 0.146 e. The van der Waals surface area contributed by atoms with Crippen molar-refractivity contribution in [1.82, 2.24) is 14.5 Å². The van der Waals surface area contributed by atoms with Crippen LogP contribution in [0.4, 0.5) is 5.82 Å². The van der Waals surface area contributed by atoms with Crippen molar-refractivity contribution in [2.75, 3.05) is 19.0 Å². The number of nitrogens with zero attached hydrogens (tertiary/aromatic N) is 4. The maximum absolute atomic E-state index is 5.97. The van der Waals surface area contributed by atoms with E-state index in [-0.39, 0.29) is 0 Å². The zero-order chi connectivity index (χ0) is 20.5. The van der Waals surface area contributed by atoms with Crippen LogP contribution >= 0.6 is 0 Å². The second-order valence-corrected chi connectivity index (χ2v) is 8.12. The number of benzene rings is 2. The number of aromatic nitrogens is 3. The summed E-state index contributed by atoms with van der Waals surface area (Å²) in [6.45, 7) is 0. The first-order valence-electron chi connectivity index (χ1n) is 10.6. The van der Waals surface area contributed by atoms with Crippen molar-refractivity contribution in [3.05, 3.63) is 67.1 Å². The molecule has 152 valence electrons. The largest absolute Gasteiger partial charge is 0.457 e. The van der Waals surface area contributed by atoms with Gasteiger partial charge < -0.3 is 14.2 Å². The number of hydrogen-bond donors (Lipinski definition) is 0. The normalized spacial score (nSPS) is 14.3. The maximum atomic E-state index is 5.97. The molecule has 0 unspecified atom stereocenters. The van der Waals surface area contributed by atoms with E-state index in [9.17, 15) is 0 Å². The standard InChI is InChI=1S/C25H26N4O/c1-28(2)24-23-22(16-29(19-8-6-7-9-19)25(23)27-17-26-24)18-12-14-21(15-13-18)30-20-10-4-3-5-11-20/h3-5,10-17,19H,6-9H2,1-2H3. The van der Waals surface area contributed by atoms with Gasteiger partial charge in [0.2, 0.25) is 0 Å². The summed E-state index contributed by atoms with van der Waals surface area (Å²) < 4.78 is 8.34. The Hall–Kier alpha value is -3.34. The Morgan fingerprint density at radius 1 is 0.900 bits per heavy atom. The highest BCUT2D eigenvalue weighted by atomic mass is 16.5. The molecule has 0 saturated heterocycles. The van der Waals surface area contributed by atoms with Gasteiger partial charge in [0.1, 0.15) is 29.3 Å². The smallest absolute Gasteiger partial charge is 0.146 e. The SMILES string of the molecule is CN(C)c1ncnc2c1c(-c1ccc(Oc3ccccc3)cc1)cn2C1CCCC1. The highest BCUT2D eigenvalue weighted by Gasteiger charge is 2.23. The van der Waals surface area contributed by atoms with Crippen molar-refractivity contribution in [1.29, 1.82) is 0 Å². The first kappa shape index (κ1) is 18.7. The van der Waals surface area contributed by atoms with Crippen molar-refractivity contribution in [3.8, 4) is 22.6 Å². The highest BCUT2D eigenvalue weighted by Crippen LogP contribution is 2.40. The van der Waals surface area contributed by atoms with Gasteiger partial charge in [-0.3, -0.25) is 0 Å². The minimum absolute atomic E-state index is 0.520. The lowest BCUT2D eigenvalue weighted by molar-refractivity contribution is 0.483. The van der Waals surface area contributed by atoms with E-state index in [1.807, 2.05) is 56.6 Å². The third-order valence-corrected chi connectivity index (χ3v) is 5.88. The summed E-state index contributed by atoms with van der Waals surface area (Å²) in [7, 11) is 4.07. The lowest BCUT2D eigenvalue weighted by Crippen LogP contribution is -2.12. The first-order valence-corrected chi connectivity index (χ1v) is 10.6. The second-order valence-electron chi connectivity index (χ2n) is 8.12. The summed E-state index contributed by atoms with van der Waals surface area (Å²) >= 11 is 0. The van der Waals surface area contributed by atoms with Crippen molar-refractivity contribution < 1.29 is 4.74 Å². The van der Waals surface area contributed by atoms with Gasteiger partial charge in [0, 0.05) is 31.9 Å². The monoisotopic (exact) mass is 398 g/mol. The predicted molar refractivity (Wildman–Crippen MR) is 121 cm³/mol. The van der Waals surface area contributed by atoms with Gasteiger partial charge in [-0.1, -0.05) is 43.2 Å². The molecule has 0 amide bonds. The van der Waals surface area contributed by atoms with E-state index >= 15 is 0 Å². The third-order valence-electron chi connectivity index (χ3n) is 5.88. The molecule has 1 fully saturated rings. The fourth-order valence-electron chi connectivity index (χ4n) is 4.41. The molecule has 2 heterocycles. The number of anilines is 1. The Morgan fingerprint density at radius 2 is 1.60 bits per heavy atom. The van der Waals surface area contributed by atoms with Gasteiger partial charge in [-0.25, -0.2) is 9.97 Å². The minimum Gasteiger partial charge on any atom is -0.457 e. The van der Waals surface area contributed by atoms with Gasteiger partial charge in [0.15, 0.2) is 0 Å². The van der Waals surface area contributed by atoms with E-state index in [0.717, 1.165) is 33.9 Å². The lowest BCUT2D eigenvalue weighted by Gasteiger charge is -2.15. The van der Waals surface area contributed by atoms with Gasteiger partial charge in [-0.2, -0.15) is 0 Å². The number of hydrogen-bond acceptors (Lipinski definition) is 4. The van der Waals surface area contributed by atoms with E-state index in [2.05, 4.69) is 37.8 Å². The van der Waals surface area contributed by atoms with E-state index in [0.29, 0.717) is 6.04 Å². The molecule has 0 atom stereocenters. The number of rotatable bonds is 5. The zero-order valence-electron chi connectivity index (χ0n) is 17.5. The molecular formula is C25H26N4O. The number of fused-ring (bicyclic) bond motifs is 1. The van der Waals surface area contributed by atoms with Crippen LogP contribution in [0, 0.1) is 0 Å². The Bertz CT molecular complexity index is 1140. The van der Waals surface area contributed by atoms with Crippen LogP contribution in [0.5, 0.6) is 11.5 Å². The Labute approximate surface area is 177 Å². The molecule has 1 aliphatic rings. The van der Waals surface area contributed by atoms with Crippen LogP contribution in [0.3, 0.4) is 0 Å². The van der Waals surface area contributed by atoms with Crippen molar-refractivity contribution >= 4 is 16.9 Å². The minimum atomic E-state index is 0.520. The van der Waals surface area contributed by atoms with Gasteiger partial charge >= 0.3 is 0 Å². The van der Waals surface area contributed by atoms with Crippen LogP contribution < -0.4 is 9.64 Å². The fourth-order valence-corrected chi connectivity index (χ4v) is 4.41. The Morgan fingerprint density at radius 3 is 2.30 bits per heavy atom. The molecule has 0 aliphatic heterocycles. The van der Waals surface area contributed by atoms with Crippen LogP contribution in [0.15, 0.2) is 67.1 Å². The molecule has 0 bridgehead atoms. The summed E-state index contributed by atoms with van der Waals surface area (Å²) in [4.78, 5) is 11.3. The van der Waals surface area contributed by atoms with Crippen molar-refractivity contribution in [2.24, 2.45) is 0 Å². The van der Waals surface area contributed by atoms with Gasteiger partial charge in [-0.05, 0) is 42.7 Å². The summed E-state index contributed by atoms with van der Waals surface area (Å²) in [5.74, 6) is 2.62. The molecule has 0 N–H and O–H groups in total. The summed E-state index contributed by atoms with van der Waals surface area (Å²) in [6.07, 6.45) is 8.97. The lowest BCUT2D eigenvalue weighted by atomic mass is 10.1. The molecule has 5 heteroatoms. The van der Waals surface area contributed by atoms with Crippen molar-refractivity contribution in [2.45, 2.75) is 31.7 Å².